The maximum absolute atomic E-state index is 11.9. The summed E-state index contributed by atoms with van der Waals surface area (Å²) in [5.74, 6) is 0. The summed E-state index contributed by atoms with van der Waals surface area (Å²) in [6.45, 7) is 4.04. The summed E-state index contributed by atoms with van der Waals surface area (Å²) in [6.07, 6.45) is 0. The van der Waals surface area contributed by atoms with Crippen molar-refractivity contribution >= 4 is 27.5 Å². The van der Waals surface area contributed by atoms with Crippen molar-refractivity contribution in [3.8, 4) is 0 Å². The van der Waals surface area contributed by atoms with Crippen LogP contribution in [0.25, 0.3) is 0 Å². The van der Waals surface area contributed by atoms with Crippen LogP contribution in [0.5, 0.6) is 0 Å². The molecule has 3 N–H and O–H groups in total. The Bertz CT molecular complexity index is 771. The molecule has 0 aliphatic carbocycles. The number of benzene rings is 2. The lowest BCUT2D eigenvalue weighted by Gasteiger charge is -2.11. The van der Waals surface area contributed by atoms with Gasteiger partial charge in [-0.1, -0.05) is 23.9 Å². The van der Waals surface area contributed by atoms with Gasteiger partial charge in [-0.2, -0.15) is 0 Å². The molecule has 0 heterocycles. The van der Waals surface area contributed by atoms with Crippen molar-refractivity contribution in [1.82, 2.24) is 4.72 Å². The fourth-order valence-corrected chi connectivity index (χ4v) is 3.74. The second-order valence-electron chi connectivity index (χ2n) is 4.78. The molecule has 4 nitrogen and oxygen atoms in total. The predicted molar refractivity (Wildman–Crippen MR) is 87.1 cm³/mol. The number of anilines is 1. The van der Waals surface area contributed by atoms with Gasteiger partial charge in [-0.05, 0) is 56.3 Å². The number of aryl methyl sites for hydroxylation is 2. The minimum Gasteiger partial charge on any atom is -0.398 e. The third kappa shape index (κ3) is 3.58. The smallest absolute Gasteiger partial charge is 0.240 e. The lowest BCUT2D eigenvalue weighted by atomic mass is 10.2. The monoisotopic (exact) mass is 322 g/mol. The zero-order valence-electron chi connectivity index (χ0n) is 12.2. The topological polar surface area (TPSA) is 72.2 Å². The van der Waals surface area contributed by atoms with E-state index in [4.69, 9.17) is 5.73 Å². The maximum Gasteiger partial charge on any atom is 0.240 e. The summed E-state index contributed by atoms with van der Waals surface area (Å²) in [6, 6.07) is 10.9. The SMILES string of the molecule is CNS(=O)(=O)c1ccc(N)c(Sc2cc(C)ccc2C)c1. The third-order valence-electron chi connectivity index (χ3n) is 3.13. The minimum atomic E-state index is -3.47. The van der Waals surface area contributed by atoms with Crippen LogP contribution in [0.3, 0.4) is 0 Å². The van der Waals surface area contributed by atoms with E-state index in [1.54, 1.807) is 12.1 Å². The molecule has 21 heavy (non-hydrogen) atoms. The van der Waals surface area contributed by atoms with Gasteiger partial charge >= 0.3 is 0 Å². The van der Waals surface area contributed by atoms with Crippen LogP contribution in [0.1, 0.15) is 11.1 Å². The van der Waals surface area contributed by atoms with E-state index in [0.717, 1.165) is 20.9 Å². The van der Waals surface area contributed by atoms with E-state index in [-0.39, 0.29) is 4.90 Å². The molecule has 0 aliphatic heterocycles. The molecule has 0 atom stereocenters. The molecule has 0 aliphatic rings. The molecule has 0 aromatic heterocycles. The molecule has 0 amide bonds. The first kappa shape index (κ1) is 15.9. The molecule has 0 spiro atoms. The number of nitrogen functional groups attached to an aromatic ring is 1. The summed E-state index contributed by atoms with van der Waals surface area (Å²) in [7, 11) is -2.07. The Morgan fingerprint density at radius 3 is 2.43 bits per heavy atom. The van der Waals surface area contributed by atoms with Gasteiger partial charge in [0.2, 0.25) is 10.0 Å². The van der Waals surface area contributed by atoms with E-state index < -0.39 is 10.0 Å². The van der Waals surface area contributed by atoms with Crippen molar-refractivity contribution in [1.29, 1.82) is 0 Å². The second-order valence-corrected chi connectivity index (χ2v) is 7.75. The third-order valence-corrected chi connectivity index (χ3v) is 5.77. The molecular weight excluding hydrogens is 304 g/mol. The highest BCUT2D eigenvalue weighted by atomic mass is 32.2. The van der Waals surface area contributed by atoms with E-state index in [0.29, 0.717) is 5.69 Å². The highest BCUT2D eigenvalue weighted by molar-refractivity contribution is 7.99. The van der Waals surface area contributed by atoms with E-state index >= 15 is 0 Å². The Hall–Kier alpha value is -1.50. The molecule has 0 saturated carbocycles. The molecule has 0 radical (unpaired) electrons. The molecular formula is C15H18N2O2S2. The van der Waals surface area contributed by atoms with Crippen molar-refractivity contribution in [3.05, 3.63) is 47.5 Å². The first-order valence-corrected chi connectivity index (χ1v) is 8.71. The largest absolute Gasteiger partial charge is 0.398 e. The predicted octanol–water partition coefficient (Wildman–Crippen LogP) is 2.94. The molecule has 2 rings (SSSR count). The van der Waals surface area contributed by atoms with Crippen LogP contribution in [0.15, 0.2) is 51.1 Å². The van der Waals surface area contributed by atoms with Gasteiger partial charge in [0, 0.05) is 15.5 Å². The number of nitrogens with one attached hydrogen (secondary N) is 1. The van der Waals surface area contributed by atoms with Gasteiger partial charge in [-0.15, -0.1) is 0 Å². The highest BCUT2D eigenvalue weighted by Crippen LogP contribution is 2.35. The number of rotatable bonds is 4. The zero-order valence-corrected chi connectivity index (χ0v) is 13.8. The van der Waals surface area contributed by atoms with Crippen LogP contribution in [-0.4, -0.2) is 15.5 Å². The van der Waals surface area contributed by atoms with Gasteiger partial charge < -0.3 is 5.73 Å². The highest BCUT2D eigenvalue weighted by Gasteiger charge is 2.14. The van der Waals surface area contributed by atoms with Gasteiger partial charge in [0.25, 0.3) is 0 Å². The molecule has 2 aromatic rings. The van der Waals surface area contributed by atoms with E-state index in [9.17, 15) is 8.42 Å². The Morgan fingerprint density at radius 1 is 1.05 bits per heavy atom. The van der Waals surface area contributed by atoms with Crippen LogP contribution in [0.2, 0.25) is 0 Å². The van der Waals surface area contributed by atoms with Crippen LogP contribution in [-0.2, 0) is 10.0 Å². The van der Waals surface area contributed by atoms with Crippen molar-refractivity contribution < 1.29 is 8.42 Å². The van der Waals surface area contributed by atoms with Crippen LogP contribution < -0.4 is 10.5 Å². The van der Waals surface area contributed by atoms with Crippen molar-refractivity contribution in [2.24, 2.45) is 0 Å². The van der Waals surface area contributed by atoms with Crippen LogP contribution >= 0.6 is 11.8 Å². The minimum absolute atomic E-state index is 0.215. The Morgan fingerprint density at radius 2 is 1.76 bits per heavy atom. The fourth-order valence-electron chi connectivity index (χ4n) is 1.82. The molecule has 112 valence electrons. The molecule has 2 aromatic carbocycles. The number of nitrogens with two attached hydrogens (primary N) is 1. The quantitative estimate of drug-likeness (QED) is 0.849. The van der Waals surface area contributed by atoms with Crippen molar-refractivity contribution in [2.75, 3.05) is 12.8 Å². The fraction of sp³-hybridized carbons (Fsp3) is 0.200. The van der Waals surface area contributed by atoms with E-state index in [1.165, 1.54) is 24.9 Å². The number of sulfonamides is 1. The Balaban J connectivity index is 2.45. The molecule has 0 bridgehead atoms. The summed E-state index contributed by atoms with van der Waals surface area (Å²) in [5.41, 5.74) is 8.82. The van der Waals surface area contributed by atoms with Crippen LogP contribution in [0, 0.1) is 13.8 Å². The molecule has 0 fully saturated rings. The summed E-state index contributed by atoms with van der Waals surface area (Å²) in [5, 5.41) is 0. The maximum atomic E-state index is 11.9. The first-order chi connectivity index (χ1) is 9.83. The lowest BCUT2D eigenvalue weighted by Crippen LogP contribution is -2.18. The molecule has 0 unspecified atom stereocenters. The summed E-state index contributed by atoms with van der Waals surface area (Å²) >= 11 is 1.48. The number of hydrogen-bond acceptors (Lipinski definition) is 4. The average molecular weight is 322 g/mol. The summed E-state index contributed by atoms with van der Waals surface area (Å²) in [4.78, 5) is 2.02. The Labute approximate surface area is 129 Å². The van der Waals surface area contributed by atoms with E-state index in [2.05, 4.69) is 10.8 Å². The normalized spacial score (nSPS) is 11.6. The first-order valence-electron chi connectivity index (χ1n) is 6.41. The molecule has 6 heteroatoms. The average Bonchev–Trinajstić information content (AvgIpc) is 2.45. The second kappa shape index (κ2) is 6.09. The standard InChI is InChI=1S/C15H18N2O2S2/c1-10-4-5-11(2)14(8-10)20-15-9-12(6-7-13(15)16)21(18,19)17-3/h4-9,17H,16H2,1-3H3. The van der Waals surface area contributed by atoms with Crippen molar-refractivity contribution in [2.45, 2.75) is 28.5 Å². The molecule has 0 saturated heterocycles. The van der Waals surface area contributed by atoms with Crippen molar-refractivity contribution in [3.63, 3.8) is 0 Å². The van der Waals surface area contributed by atoms with E-state index in [1.807, 2.05) is 26.0 Å². The Kier molecular flexibility index (Phi) is 4.61. The van der Waals surface area contributed by atoms with Gasteiger partial charge in [-0.3, -0.25) is 0 Å². The van der Waals surface area contributed by atoms with Gasteiger partial charge in [-0.25, -0.2) is 13.1 Å². The lowest BCUT2D eigenvalue weighted by molar-refractivity contribution is 0.588. The zero-order chi connectivity index (χ0) is 15.6. The van der Waals surface area contributed by atoms with Gasteiger partial charge in [0.15, 0.2) is 0 Å². The van der Waals surface area contributed by atoms with Crippen LogP contribution in [0.4, 0.5) is 5.69 Å². The van der Waals surface area contributed by atoms with Gasteiger partial charge in [0.05, 0.1) is 4.90 Å². The number of hydrogen-bond donors (Lipinski definition) is 2. The summed E-state index contributed by atoms with van der Waals surface area (Å²) < 4.78 is 26.1. The van der Waals surface area contributed by atoms with Gasteiger partial charge in [0.1, 0.15) is 0 Å².